The zero-order chi connectivity index (χ0) is 15.5. The Morgan fingerprint density at radius 2 is 2.10 bits per heavy atom. The first-order chi connectivity index (χ1) is 9.13. The summed E-state index contributed by atoms with van der Waals surface area (Å²) >= 11 is 0.847. The van der Waals surface area contributed by atoms with Crippen LogP contribution in [0, 0.1) is 6.92 Å². The fraction of sp³-hybridized carbons (Fsp3) is 0.636. The molecular formula is C11H17NO7S. The Hall–Kier alpha value is -1.29. The SMILES string of the molecule is Cc1oc(=O)oc1COC(O)SC(C)(C)[C@@H](N)C(=O)O. The minimum atomic E-state index is -1.32. The van der Waals surface area contributed by atoms with Gasteiger partial charge >= 0.3 is 11.8 Å². The van der Waals surface area contributed by atoms with Crippen LogP contribution in [0.5, 0.6) is 0 Å². The summed E-state index contributed by atoms with van der Waals surface area (Å²) in [6.07, 6.45) is 0. The second-order valence-electron chi connectivity index (χ2n) is 4.59. The standard InChI is InChI=1S/C11H17NO7S/c1-5-6(19-9(15)18-5)4-17-10(16)20-11(2,3)7(12)8(13)14/h7,10,16H,4,12H2,1-3H3,(H,13,14)/t7-,10?/m0/s1. The van der Waals surface area contributed by atoms with Gasteiger partial charge in [0.25, 0.3) is 0 Å². The average Bonchev–Trinajstić information content (AvgIpc) is 2.63. The van der Waals surface area contributed by atoms with E-state index in [4.69, 9.17) is 20.0 Å². The monoisotopic (exact) mass is 307 g/mol. The third-order valence-corrected chi connectivity index (χ3v) is 3.81. The maximum atomic E-state index is 10.8. The largest absolute Gasteiger partial charge is 0.519 e. The number of aliphatic hydroxyl groups is 1. The highest BCUT2D eigenvalue weighted by atomic mass is 32.2. The summed E-state index contributed by atoms with van der Waals surface area (Å²) in [6, 6.07) is -1.17. The van der Waals surface area contributed by atoms with Crippen molar-refractivity contribution in [1.82, 2.24) is 0 Å². The first-order valence-corrected chi connectivity index (χ1v) is 6.56. The summed E-state index contributed by atoms with van der Waals surface area (Å²) in [7, 11) is 0. The van der Waals surface area contributed by atoms with E-state index in [9.17, 15) is 14.7 Å². The van der Waals surface area contributed by atoms with Gasteiger partial charge in [0.15, 0.2) is 5.76 Å². The van der Waals surface area contributed by atoms with E-state index < -0.39 is 28.2 Å². The summed E-state index contributed by atoms with van der Waals surface area (Å²) in [5.74, 6) is -1.61. The minimum absolute atomic E-state index is 0.162. The van der Waals surface area contributed by atoms with Gasteiger partial charge in [-0.15, -0.1) is 0 Å². The van der Waals surface area contributed by atoms with Crippen molar-refractivity contribution in [3.63, 3.8) is 0 Å². The van der Waals surface area contributed by atoms with E-state index in [1.165, 1.54) is 6.92 Å². The molecule has 0 fully saturated rings. The second-order valence-corrected chi connectivity index (χ2v) is 6.28. The van der Waals surface area contributed by atoms with Crippen LogP contribution in [0.25, 0.3) is 0 Å². The number of carboxylic acid groups (broad SMARTS) is 1. The zero-order valence-electron chi connectivity index (χ0n) is 11.3. The van der Waals surface area contributed by atoms with Crippen molar-refractivity contribution in [2.45, 2.75) is 43.8 Å². The molecule has 0 radical (unpaired) electrons. The Bertz CT molecular complexity index is 521. The second kappa shape index (κ2) is 6.44. The number of ether oxygens (including phenoxy) is 1. The molecule has 0 saturated heterocycles. The van der Waals surface area contributed by atoms with Crippen LogP contribution in [0.4, 0.5) is 0 Å². The summed E-state index contributed by atoms with van der Waals surface area (Å²) in [5, 5.41) is 18.6. The van der Waals surface area contributed by atoms with Crippen molar-refractivity contribution in [2.24, 2.45) is 5.73 Å². The number of thioether (sulfide) groups is 1. The highest BCUT2D eigenvalue weighted by Crippen LogP contribution is 2.31. The molecule has 8 nitrogen and oxygen atoms in total. The van der Waals surface area contributed by atoms with Gasteiger partial charge in [-0.05, 0) is 20.8 Å². The van der Waals surface area contributed by atoms with Crippen LogP contribution >= 0.6 is 11.8 Å². The highest BCUT2D eigenvalue weighted by molar-refractivity contribution is 8.01. The Balaban J connectivity index is 2.55. The molecule has 1 heterocycles. The topological polar surface area (TPSA) is 136 Å². The number of aliphatic hydroxyl groups excluding tert-OH is 1. The van der Waals surface area contributed by atoms with Gasteiger partial charge in [0.1, 0.15) is 18.4 Å². The van der Waals surface area contributed by atoms with Gasteiger partial charge < -0.3 is 29.5 Å². The Labute approximate surface area is 118 Å². The summed E-state index contributed by atoms with van der Waals surface area (Å²) < 4.78 is 13.4. The lowest BCUT2D eigenvalue weighted by atomic mass is 10.1. The van der Waals surface area contributed by atoms with Gasteiger partial charge in [-0.25, -0.2) is 4.79 Å². The molecule has 0 aliphatic carbocycles. The molecule has 1 aromatic rings. The molecule has 1 aromatic heterocycles. The average molecular weight is 307 g/mol. The molecule has 9 heteroatoms. The van der Waals surface area contributed by atoms with Gasteiger partial charge in [-0.1, -0.05) is 11.8 Å². The molecule has 4 N–H and O–H groups in total. The van der Waals surface area contributed by atoms with Crippen molar-refractivity contribution in [3.05, 3.63) is 22.1 Å². The van der Waals surface area contributed by atoms with Crippen LogP contribution in [0.2, 0.25) is 0 Å². The number of hydrogen-bond donors (Lipinski definition) is 3. The van der Waals surface area contributed by atoms with Gasteiger partial charge in [0.2, 0.25) is 5.62 Å². The molecule has 0 saturated carbocycles. The van der Waals surface area contributed by atoms with Gasteiger partial charge in [-0.2, -0.15) is 0 Å². The minimum Gasteiger partial charge on any atom is -0.480 e. The van der Waals surface area contributed by atoms with E-state index in [0.717, 1.165) is 11.8 Å². The van der Waals surface area contributed by atoms with E-state index in [1.54, 1.807) is 13.8 Å². The van der Waals surface area contributed by atoms with Crippen LogP contribution in [-0.2, 0) is 16.1 Å². The number of rotatable bonds is 7. The Morgan fingerprint density at radius 3 is 2.55 bits per heavy atom. The number of aryl methyl sites for hydroxylation is 1. The molecule has 114 valence electrons. The molecule has 2 atom stereocenters. The molecule has 1 rings (SSSR count). The number of aliphatic carboxylic acids is 1. The van der Waals surface area contributed by atoms with Crippen molar-refractivity contribution >= 4 is 17.7 Å². The predicted octanol–water partition coefficient (Wildman–Crippen LogP) is 0.257. The van der Waals surface area contributed by atoms with E-state index >= 15 is 0 Å². The molecule has 0 aliphatic rings. The van der Waals surface area contributed by atoms with Crippen LogP contribution in [-0.4, -0.2) is 32.6 Å². The Morgan fingerprint density at radius 1 is 1.50 bits per heavy atom. The summed E-state index contributed by atoms with van der Waals surface area (Å²) in [6.45, 7) is 4.50. The van der Waals surface area contributed by atoms with E-state index in [2.05, 4.69) is 4.42 Å². The third kappa shape index (κ3) is 4.37. The van der Waals surface area contributed by atoms with Crippen LogP contribution in [0.3, 0.4) is 0 Å². The highest BCUT2D eigenvalue weighted by Gasteiger charge is 2.35. The van der Waals surface area contributed by atoms with Crippen molar-refractivity contribution in [3.8, 4) is 0 Å². The molecule has 0 bridgehead atoms. The fourth-order valence-electron chi connectivity index (χ4n) is 1.32. The lowest BCUT2D eigenvalue weighted by Crippen LogP contribution is -2.47. The number of hydrogen-bond acceptors (Lipinski definition) is 8. The molecule has 1 unspecified atom stereocenters. The predicted molar refractivity (Wildman–Crippen MR) is 70.1 cm³/mol. The quantitative estimate of drug-likeness (QED) is 0.605. The van der Waals surface area contributed by atoms with E-state index in [0.29, 0.717) is 0 Å². The molecular weight excluding hydrogens is 290 g/mol. The molecule has 0 spiro atoms. The van der Waals surface area contributed by atoms with Crippen LogP contribution in [0.1, 0.15) is 25.4 Å². The Kier molecular flexibility index (Phi) is 5.40. The molecule has 20 heavy (non-hydrogen) atoms. The van der Waals surface area contributed by atoms with E-state index in [1.807, 2.05) is 0 Å². The normalized spacial score (nSPS) is 15.1. The summed E-state index contributed by atoms with van der Waals surface area (Å²) in [4.78, 5) is 21.6. The number of carboxylic acids is 1. The lowest BCUT2D eigenvalue weighted by Gasteiger charge is -2.29. The van der Waals surface area contributed by atoms with Crippen molar-refractivity contribution < 1.29 is 28.6 Å². The van der Waals surface area contributed by atoms with E-state index in [-0.39, 0.29) is 18.1 Å². The van der Waals surface area contributed by atoms with Gasteiger partial charge in [0.05, 0.1) is 0 Å². The number of carbonyl (C=O) groups is 1. The van der Waals surface area contributed by atoms with Crippen LogP contribution in [0.15, 0.2) is 13.6 Å². The summed E-state index contributed by atoms with van der Waals surface area (Å²) in [5.41, 5.74) is 4.19. The lowest BCUT2D eigenvalue weighted by molar-refractivity contribution is -0.139. The molecule has 0 aromatic carbocycles. The van der Waals surface area contributed by atoms with Gasteiger partial charge in [-0.3, -0.25) is 4.79 Å². The van der Waals surface area contributed by atoms with Crippen LogP contribution < -0.4 is 11.6 Å². The first kappa shape index (κ1) is 16.8. The third-order valence-electron chi connectivity index (χ3n) is 2.61. The molecule has 0 aliphatic heterocycles. The van der Waals surface area contributed by atoms with Crippen molar-refractivity contribution in [2.75, 3.05) is 0 Å². The maximum absolute atomic E-state index is 10.8. The number of nitrogens with two attached hydrogens (primary N) is 1. The zero-order valence-corrected chi connectivity index (χ0v) is 12.1. The first-order valence-electron chi connectivity index (χ1n) is 5.68. The molecule has 0 amide bonds. The van der Waals surface area contributed by atoms with Gasteiger partial charge in [0, 0.05) is 4.75 Å². The van der Waals surface area contributed by atoms with Crippen molar-refractivity contribution in [1.29, 1.82) is 0 Å². The fourth-order valence-corrected chi connectivity index (χ4v) is 2.22. The maximum Gasteiger partial charge on any atom is 0.519 e. The smallest absolute Gasteiger partial charge is 0.480 e.